The smallest absolute Gasteiger partial charge is 0.310 e. The maximum Gasteiger partial charge on any atom is 0.310 e. The van der Waals surface area contributed by atoms with Crippen molar-refractivity contribution < 1.29 is 19.1 Å². The molecule has 5 heteroatoms. The lowest BCUT2D eigenvalue weighted by Gasteiger charge is -2.19. The van der Waals surface area contributed by atoms with E-state index in [2.05, 4.69) is 4.74 Å². The fourth-order valence-corrected chi connectivity index (χ4v) is 1.15. The summed E-state index contributed by atoms with van der Waals surface area (Å²) in [5.41, 5.74) is -1.10. The number of nitriles is 1. The van der Waals surface area contributed by atoms with Crippen molar-refractivity contribution in [3.8, 4) is 6.07 Å². The van der Waals surface area contributed by atoms with E-state index >= 15 is 0 Å². The Morgan fingerprint density at radius 1 is 1.41 bits per heavy atom. The minimum atomic E-state index is -1.10. The minimum absolute atomic E-state index is 0.287. The number of hydrogen-bond acceptors (Lipinski definition) is 5. The van der Waals surface area contributed by atoms with Gasteiger partial charge >= 0.3 is 11.9 Å². The molecule has 0 aromatic carbocycles. The van der Waals surface area contributed by atoms with Crippen LogP contribution >= 0.6 is 0 Å². The van der Waals surface area contributed by atoms with E-state index < -0.39 is 11.6 Å². The SMILES string of the molecule is COC(=O)CCCC(C)C(=O)OC(C)(C)C#N. The van der Waals surface area contributed by atoms with Crippen LogP contribution < -0.4 is 0 Å². The summed E-state index contributed by atoms with van der Waals surface area (Å²) < 4.78 is 9.51. The van der Waals surface area contributed by atoms with Crippen LogP contribution in [0, 0.1) is 17.2 Å². The first-order valence-corrected chi connectivity index (χ1v) is 5.53. The van der Waals surface area contributed by atoms with Gasteiger partial charge < -0.3 is 9.47 Å². The van der Waals surface area contributed by atoms with Crippen LogP contribution in [0.2, 0.25) is 0 Å². The van der Waals surface area contributed by atoms with Gasteiger partial charge in [0.15, 0.2) is 5.60 Å². The minimum Gasteiger partial charge on any atom is -0.469 e. The summed E-state index contributed by atoms with van der Waals surface area (Å²) >= 11 is 0. The van der Waals surface area contributed by atoms with Gasteiger partial charge in [0.2, 0.25) is 0 Å². The molecule has 0 N–H and O–H groups in total. The number of ether oxygens (including phenoxy) is 2. The van der Waals surface area contributed by atoms with E-state index in [4.69, 9.17) is 10.00 Å². The van der Waals surface area contributed by atoms with Gasteiger partial charge in [0.05, 0.1) is 13.0 Å². The number of carbonyl (C=O) groups is 2. The van der Waals surface area contributed by atoms with Gasteiger partial charge in [-0.15, -0.1) is 0 Å². The van der Waals surface area contributed by atoms with E-state index in [1.54, 1.807) is 6.92 Å². The van der Waals surface area contributed by atoms with Crippen LogP contribution in [-0.4, -0.2) is 24.6 Å². The van der Waals surface area contributed by atoms with E-state index in [0.717, 1.165) is 0 Å². The normalized spacial score (nSPS) is 12.4. The van der Waals surface area contributed by atoms with Crippen molar-refractivity contribution in [2.45, 2.75) is 45.6 Å². The number of carbonyl (C=O) groups excluding carboxylic acids is 2. The van der Waals surface area contributed by atoms with E-state index in [1.807, 2.05) is 6.07 Å². The Hall–Kier alpha value is -1.57. The molecule has 0 saturated carbocycles. The second-order valence-corrected chi connectivity index (χ2v) is 4.41. The highest BCUT2D eigenvalue weighted by molar-refractivity contribution is 5.73. The first-order valence-electron chi connectivity index (χ1n) is 5.53. The van der Waals surface area contributed by atoms with Gasteiger partial charge in [-0.1, -0.05) is 6.92 Å². The third-order valence-electron chi connectivity index (χ3n) is 2.27. The molecule has 5 nitrogen and oxygen atoms in total. The Morgan fingerprint density at radius 2 is 2.00 bits per heavy atom. The van der Waals surface area contributed by atoms with Crippen molar-refractivity contribution in [3.63, 3.8) is 0 Å². The van der Waals surface area contributed by atoms with Crippen molar-refractivity contribution in [1.29, 1.82) is 5.26 Å². The Bertz CT molecular complexity index is 317. The number of hydrogen-bond donors (Lipinski definition) is 0. The van der Waals surface area contributed by atoms with Crippen LogP contribution in [0.5, 0.6) is 0 Å². The van der Waals surface area contributed by atoms with E-state index in [1.165, 1.54) is 21.0 Å². The molecule has 0 aliphatic rings. The molecule has 0 saturated heterocycles. The van der Waals surface area contributed by atoms with Crippen molar-refractivity contribution in [3.05, 3.63) is 0 Å². The Balaban J connectivity index is 4.00. The highest BCUT2D eigenvalue weighted by Gasteiger charge is 2.25. The van der Waals surface area contributed by atoms with Crippen molar-refractivity contribution in [2.75, 3.05) is 7.11 Å². The molecule has 96 valence electrons. The van der Waals surface area contributed by atoms with Crippen LogP contribution in [0.3, 0.4) is 0 Å². The number of nitrogens with zero attached hydrogens (tertiary/aromatic N) is 1. The molecular formula is C12H19NO4. The molecule has 0 heterocycles. The van der Waals surface area contributed by atoms with Gasteiger partial charge in [0.25, 0.3) is 0 Å². The summed E-state index contributed by atoms with van der Waals surface area (Å²) in [6.07, 6.45) is 1.39. The zero-order valence-electron chi connectivity index (χ0n) is 10.8. The van der Waals surface area contributed by atoms with Crippen molar-refractivity contribution in [1.82, 2.24) is 0 Å². The predicted octanol–water partition coefficient (Wildman–Crippen LogP) is 1.81. The fraction of sp³-hybridized carbons (Fsp3) is 0.750. The summed E-state index contributed by atoms with van der Waals surface area (Å²) in [6.45, 7) is 4.78. The van der Waals surface area contributed by atoms with Crippen LogP contribution in [0.25, 0.3) is 0 Å². The molecule has 0 aliphatic heterocycles. The summed E-state index contributed by atoms with van der Waals surface area (Å²) in [7, 11) is 1.33. The highest BCUT2D eigenvalue weighted by Crippen LogP contribution is 2.15. The van der Waals surface area contributed by atoms with Crippen molar-refractivity contribution in [2.24, 2.45) is 5.92 Å². The molecule has 0 spiro atoms. The molecule has 0 aromatic heterocycles. The molecule has 0 fully saturated rings. The van der Waals surface area contributed by atoms with E-state index in [-0.39, 0.29) is 18.3 Å². The summed E-state index contributed by atoms with van der Waals surface area (Å²) in [5.74, 6) is -1.03. The van der Waals surface area contributed by atoms with Gasteiger partial charge in [0.1, 0.15) is 6.07 Å². The summed E-state index contributed by atoms with van der Waals surface area (Å²) in [4.78, 5) is 22.4. The van der Waals surface area contributed by atoms with Gasteiger partial charge in [-0.3, -0.25) is 9.59 Å². The largest absolute Gasteiger partial charge is 0.469 e. The molecular weight excluding hydrogens is 222 g/mol. The van der Waals surface area contributed by atoms with Crippen LogP contribution in [0.4, 0.5) is 0 Å². The van der Waals surface area contributed by atoms with Gasteiger partial charge in [-0.25, -0.2) is 0 Å². The Morgan fingerprint density at radius 3 is 2.47 bits per heavy atom. The van der Waals surface area contributed by atoms with Gasteiger partial charge in [-0.2, -0.15) is 5.26 Å². The summed E-state index contributed by atoms with van der Waals surface area (Å²) in [6, 6.07) is 1.89. The van der Waals surface area contributed by atoms with Crippen molar-refractivity contribution >= 4 is 11.9 Å². The van der Waals surface area contributed by atoms with Gasteiger partial charge in [0, 0.05) is 6.42 Å². The summed E-state index contributed by atoms with van der Waals surface area (Å²) in [5, 5.41) is 8.72. The fourth-order valence-electron chi connectivity index (χ4n) is 1.15. The van der Waals surface area contributed by atoms with Crippen LogP contribution in [-0.2, 0) is 19.1 Å². The Kier molecular flexibility index (Phi) is 6.26. The lowest BCUT2D eigenvalue weighted by molar-refractivity contribution is -0.157. The monoisotopic (exact) mass is 241 g/mol. The molecule has 17 heavy (non-hydrogen) atoms. The second kappa shape index (κ2) is 6.89. The molecule has 0 bridgehead atoms. The molecule has 1 atom stereocenters. The average molecular weight is 241 g/mol. The van der Waals surface area contributed by atoms with Crippen LogP contribution in [0.1, 0.15) is 40.0 Å². The first kappa shape index (κ1) is 15.4. The third-order valence-corrected chi connectivity index (χ3v) is 2.27. The zero-order valence-corrected chi connectivity index (χ0v) is 10.8. The molecule has 0 aliphatic carbocycles. The number of methoxy groups -OCH3 is 1. The highest BCUT2D eigenvalue weighted by atomic mass is 16.6. The van der Waals surface area contributed by atoms with Crippen LogP contribution in [0.15, 0.2) is 0 Å². The lowest BCUT2D eigenvalue weighted by atomic mass is 10.0. The third kappa shape index (κ3) is 6.56. The van der Waals surface area contributed by atoms with Gasteiger partial charge in [-0.05, 0) is 26.7 Å². The number of rotatable bonds is 6. The molecule has 0 amide bonds. The topological polar surface area (TPSA) is 76.4 Å². The first-order chi connectivity index (χ1) is 7.82. The lowest BCUT2D eigenvalue weighted by Crippen LogP contribution is -2.29. The maximum atomic E-state index is 11.6. The predicted molar refractivity (Wildman–Crippen MR) is 60.8 cm³/mol. The molecule has 0 aromatic rings. The van der Waals surface area contributed by atoms with E-state index in [0.29, 0.717) is 12.8 Å². The molecule has 0 rings (SSSR count). The number of esters is 2. The molecule has 1 unspecified atom stereocenters. The van der Waals surface area contributed by atoms with E-state index in [9.17, 15) is 9.59 Å². The molecule has 0 radical (unpaired) electrons. The average Bonchev–Trinajstić information content (AvgIpc) is 2.28. The Labute approximate surface area is 102 Å². The maximum absolute atomic E-state index is 11.6. The zero-order chi connectivity index (χ0) is 13.5. The quantitative estimate of drug-likeness (QED) is 0.663. The standard InChI is InChI=1S/C12H19NO4/c1-9(6-5-7-10(14)16-4)11(15)17-12(2,3)8-13/h9H,5-7H2,1-4H3. The second-order valence-electron chi connectivity index (χ2n) is 4.41.